The minimum atomic E-state index is -3.79. The number of hydrogen-bond donors (Lipinski definition) is 1. The number of sulfone groups is 1. The van der Waals surface area contributed by atoms with Crippen molar-refractivity contribution in [3.05, 3.63) is 100 Å². The van der Waals surface area contributed by atoms with Crippen LogP contribution in [-0.4, -0.2) is 42.7 Å². The van der Waals surface area contributed by atoms with E-state index in [0.717, 1.165) is 30.5 Å². The summed E-state index contributed by atoms with van der Waals surface area (Å²) in [5.74, 6) is -0.0628. The van der Waals surface area contributed by atoms with E-state index in [0.29, 0.717) is 42.5 Å². The average Bonchev–Trinajstić information content (AvgIpc) is 3.05. The summed E-state index contributed by atoms with van der Waals surface area (Å²) < 4.78 is 51.5. The fourth-order valence-corrected chi connectivity index (χ4v) is 9.59. The number of fused-ring (bicyclic) bond motifs is 2. The molecule has 0 spiro atoms. The second-order valence-corrected chi connectivity index (χ2v) is 17.0. The molecule has 0 N–H and O–H groups in total. The molecule has 1 amide bonds. The summed E-state index contributed by atoms with van der Waals surface area (Å²) in [5.41, 5.74) is 4.44. The van der Waals surface area contributed by atoms with E-state index < -0.39 is 37.5 Å². The molecule has 0 saturated carbocycles. The van der Waals surface area contributed by atoms with Gasteiger partial charge in [-0.2, -0.15) is 4.36 Å². The van der Waals surface area contributed by atoms with Crippen LogP contribution in [0, 0.1) is 24.7 Å². The molecule has 3 aromatic carbocycles. The van der Waals surface area contributed by atoms with Crippen molar-refractivity contribution in [2.75, 3.05) is 23.8 Å². The summed E-state index contributed by atoms with van der Waals surface area (Å²) in [6.07, 6.45) is 7.11. The largest absolute Gasteiger partial charge is 0.491 e. The molecule has 2 unspecified atom stereocenters. The first-order valence-electron chi connectivity index (χ1n) is 16.4. The smallest absolute Gasteiger partial charge is 0.284 e. The Kier molecular flexibility index (Phi) is 11.5. The van der Waals surface area contributed by atoms with Crippen LogP contribution in [-0.2, 0) is 33.4 Å². The quantitative estimate of drug-likeness (QED) is 0.217. The van der Waals surface area contributed by atoms with Gasteiger partial charge in [-0.1, -0.05) is 68.3 Å². The van der Waals surface area contributed by atoms with Crippen LogP contribution in [0.1, 0.15) is 67.1 Å². The Bertz CT molecular complexity index is 1820. The molecule has 2 bridgehead atoms. The highest BCUT2D eigenvalue weighted by molar-refractivity contribution is 7.92. The first-order valence-corrected chi connectivity index (χ1v) is 19.7. The summed E-state index contributed by atoms with van der Waals surface area (Å²) in [6, 6.07) is 18.1. The van der Waals surface area contributed by atoms with E-state index >= 15 is 0 Å². The Labute approximate surface area is 286 Å². The Balaban J connectivity index is 1.57. The molecule has 0 saturated heterocycles. The lowest BCUT2D eigenvalue weighted by atomic mass is 9.91. The van der Waals surface area contributed by atoms with Crippen molar-refractivity contribution in [1.29, 1.82) is 0 Å². The standard InChI is InChI=1S/C37H45ClN2O5S2/c1-25-11-16-33(17-12-25)47(43,44)36-10-7-8-26(2)27(3)22-40-23-31-13-15-32(38)20-29(31)9-5-6-19-45-35-18-14-30(21-34(35)40)37(41)39-46(42)24-28(36)4/h7,10-18,20-21,26-28,36,46H,5-6,8-9,19,22-24H2,1-4H3/b10-7+/t26-,27-,28+,36?/m0/s1. The number of nitrogens with zero attached hydrogens (tertiary/aromatic N) is 2. The van der Waals surface area contributed by atoms with Crippen molar-refractivity contribution in [2.45, 2.75) is 70.1 Å². The van der Waals surface area contributed by atoms with Crippen LogP contribution in [0.5, 0.6) is 5.75 Å². The molecule has 2 aliphatic heterocycles. The van der Waals surface area contributed by atoms with Gasteiger partial charge in [-0.3, -0.25) is 9.00 Å². The highest BCUT2D eigenvalue weighted by Crippen LogP contribution is 2.35. The Morgan fingerprint density at radius 3 is 2.47 bits per heavy atom. The van der Waals surface area contributed by atoms with E-state index in [4.69, 9.17) is 16.3 Å². The number of amides is 1. The molecule has 10 heteroatoms. The number of thiol groups is 1. The number of benzene rings is 3. The normalized spacial score (nSPS) is 25.8. The zero-order chi connectivity index (χ0) is 33.7. The minimum absolute atomic E-state index is 0.0351. The van der Waals surface area contributed by atoms with Crippen molar-refractivity contribution < 1.29 is 22.2 Å². The van der Waals surface area contributed by atoms with E-state index in [1.54, 1.807) is 49.4 Å². The topological polar surface area (TPSA) is 93.1 Å². The highest BCUT2D eigenvalue weighted by Gasteiger charge is 2.31. The molecule has 252 valence electrons. The zero-order valence-electron chi connectivity index (χ0n) is 27.6. The lowest BCUT2D eigenvalue weighted by molar-refractivity contribution is 0.100. The number of carbonyl (C=O) groups is 1. The highest BCUT2D eigenvalue weighted by atomic mass is 35.5. The first-order chi connectivity index (χ1) is 22.4. The maximum Gasteiger partial charge on any atom is 0.284 e. The number of hydrogen-bond acceptors (Lipinski definition) is 6. The maximum absolute atomic E-state index is 13.9. The number of rotatable bonds is 2. The van der Waals surface area contributed by atoms with Gasteiger partial charge >= 0.3 is 0 Å². The van der Waals surface area contributed by atoms with Gasteiger partial charge in [0.1, 0.15) is 5.75 Å². The van der Waals surface area contributed by atoms with E-state index in [9.17, 15) is 17.4 Å². The van der Waals surface area contributed by atoms with Gasteiger partial charge in [0.15, 0.2) is 9.84 Å². The SMILES string of the molecule is Cc1ccc(S(=O)(=O)C2/C=C/C[C@H](C)[C@@H](C)CN3Cc4ccc(Cl)cc4CCCCOc4ccc(cc43)C(=O)/N=[SH](=O)\C[C@H]2C)cc1. The van der Waals surface area contributed by atoms with E-state index in [1.165, 1.54) is 11.1 Å². The van der Waals surface area contributed by atoms with Crippen molar-refractivity contribution in [2.24, 2.45) is 22.1 Å². The molecule has 0 fully saturated rings. The third-order valence-corrected chi connectivity index (χ3v) is 13.2. The van der Waals surface area contributed by atoms with Crippen molar-refractivity contribution in [3.8, 4) is 5.75 Å². The van der Waals surface area contributed by atoms with Crippen LogP contribution >= 0.6 is 11.6 Å². The minimum Gasteiger partial charge on any atom is -0.491 e. The van der Waals surface area contributed by atoms with E-state index in [-0.39, 0.29) is 22.5 Å². The Morgan fingerprint density at radius 1 is 0.936 bits per heavy atom. The van der Waals surface area contributed by atoms with Crippen LogP contribution in [0.15, 0.2) is 82.1 Å². The molecule has 5 rings (SSSR count). The van der Waals surface area contributed by atoms with Crippen LogP contribution in [0.2, 0.25) is 5.02 Å². The molecule has 0 aromatic heterocycles. The third kappa shape index (κ3) is 8.67. The predicted molar refractivity (Wildman–Crippen MR) is 192 cm³/mol. The molecule has 47 heavy (non-hydrogen) atoms. The van der Waals surface area contributed by atoms with E-state index in [2.05, 4.69) is 29.2 Å². The number of aryl methyl sites for hydroxylation is 2. The lowest BCUT2D eigenvalue weighted by Gasteiger charge is -2.32. The van der Waals surface area contributed by atoms with Crippen molar-refractivity contribution in [3.63, 3.8) is 0 Å². The third-order valence-electron chi connectivity index (χ3n) is 9.40. The van der Waals surface area contributed by atoms with Gasteiger partial charge < -0.3 is 9.64 Å². The fraction of sp³-hybridized carbons (Fsp3) is 0.432. The van der Waals surface area contributed by atoms with Gasteiger partial charge in [0.25, 0.3) is 5.91 Å². The molecule has 2 heterocycles. The summed E-state index contributed by atoms with van der Waals surface area (Å²) in [6.45, 7) is 9.86. The van der Waals surface area contributed by atoms with Crippen molar-refractivity contribution in [1.82, 2.24) is 0 Å². The summed E-state index contributed by atoms with van der Waals surface area (Å²) >= 11 is 6.42. The van der Waals surface area contributed by atoms with Crippen LogP contribution in [0.4, 0.5) is 5.69 Å². The molecule has 0 radical (unpaired) electrons. The van der Waals surface area contributed by atoms with Gasteiger partial charge in [0.2, 0.25) is 0 Å². The maximum atomic E-state index is 13.9. The second-order valence-electron chi connectivity index (χ2n) is 13.1. The number of halogens is 1. The van der Waals surface area contributed by atoms with E-state index in [1.807, 2.05) is 31.2 Å². The Morgan fingerprint density at radius 2 is 1.70 bits per heavy atom. The van der Waals surface area contributed by atoms with Gasteiger partial charge in [-0.05, 0) is 104 Å². The molecule has 7 nitrogen and oxygen atoms in total. The lowest BCUT2D eigenvalue weighted by Crippen LogP contribution is -2.32. The van der Waals surface area contributed by atoms with Crippen LogP contribution < -0.4 is 9.64 Å². The summed E-state index contributed by atoms with van der Waals surface area (Å²) in [7, 11) is -6.16. The summed E-state index contributed by atoms with van der Waals surface area (Å²) in [4.78, 5) is 16.0. The van der Waals surface area contributed by atoms with Gasteiger partial charge in [0, 0.05) is 40.0 Å². The monoisotopic (exact) mass is 696 g/mol. The number of ether oxygens (including phenoxy) is 1. The first kappa shape index (κ1) is 35.2. The average molecular weight is 697 g/mol. The van der Waals surface area contributed by atoms with Gasteiger partial charge in [0.05, 0.1) is 22.4 Å². The van der Waals surface area contributed by atoms with Crippen LogP contribution in [0.3, 0.4) is 0 Å². The molecule has 5 atom stereocenters. The molecule has 2 aliphatic rings. The molecular weight excluding hydrogens is 652 g/mol. The van der Waals surface area contributed by atoms with Gasteiger partial charge in [-0.25, -0.2) is 8.42 Å². The number of anilines is 1. The molecular formula is C37H45ClN2O5S2. The summed E-state index contributed by atoms with van der Waals surface area (Å²) in [5, 5.41) is -0.208. The number of allylic oxidation sites excluding steroid dienone is 1. The van der Waals surface area contributed by atoms with Crippen molar-refractivity contribution >= 4 is 43.6 Å². The predicted octanol–water partition coefficient (Wildman–Crippen LogP) is 7.89. The van der Waals surface area contributed by atoms with Gasteiger partial charge in [-0.15, -0.1) is 0 Å². The Hall–Kier alpha value is -3.14. The number of carbonyl (C=O) groups excluding carboxylic acids is 1. The zero-order valence-corrected chi connectivity index (χ0v) is 30.0. The fourth-order valence-electron chi connectivity index (χ4n) is 6.28. The molecule has 0 aliphatic carbocycles. The molecule has 3 aromatic rings. The second kappa shape index (κ2) is 15.4. The van der Waals surface area contributed by atoms with Crippen LogP contribution in [0.25, 0.3) is 0 Å².